The minimum Gasteiger partial charge on any atom is -0.481 e. The fraction of sp³-hybridized carbons (Fsp3) is 0.750. The molecule has 1 rings (SSSR count). The number of hydrogen-bond acceptors (Lipinski definition) is 4. The summed E-state index contributed by atoms with van der Waals surface area (Å²) in [4.78, 5) is 10.5. The molecule has 1 aliphatic carbocycles. The second kappa shape index (κ2) is 12.2. The van der Waals surface area contributed by atoms with Gasteiger partial charge < -0.3 is 20.4 Å². The summed E-state index contributed by atoms with van der Waals surface area (Å²) in [7, 11) is 0. The number of aliphatic hydroxyl groups is 3. The van der Waals surface area contributed by atoms with Crippen LogP contribution in [0.3, 0.4) is 0 Å². The smallest absolute Gasteiger partial charge is 0.303 e. The van der Waals surface area contributed by atoms with E-state index in [1.165, 1.54) is 6.08 Å². The molecule has 1 saturated carbocycles. The first-order valence-corrected chi connectivity index (χ1v) is 9.00. The summed E-state index contributed by atoms with van der Waals surface area (Å²) in [5, 5.41) is 39.0. The predicted octanol–water partition coefficient (Wildman–Crippen LogP) is 3.04. The zero-order valence-corrected chi connectivity index (χ0v) is 14.8. The van der Waals surface area contributed by atoms with Crippen molar-refractivity contribution < 1.29 is 30.7 Å². The number of carbonyl (C=O) groups is 1. The summed E-state index contributed by atoms with van der Waals surface area (Å²) in [6, 6.07) is 0. The van der Waals surface area contributed by atoms with Gasteiger partial charge in [0.05, 0.1) is 18.3 Å². The maximum atomic E-state index is 10.5. The molecule has 0 unspecified atom stereocenters. The molecule has 0 aliphatic heterocycles. The Bertz CT molecular complexity index is 579. The number of aliphatic hydroxyl groups excluding tert-OH is 3. The Morgan fingerprint density at radius 1 is 1.28 bits per heavy atom. The average Bonchev–Trinajstić information content (AvgIpc) is 2.89. The van der Waals surface area contributed by atoms with Gasteiger partial charge in [0, 0.05) is 24.2 Å². The Balaban J connectivity index is 2.64. The molecule has 5 heteroatoms. The van der Waals surface area contributed by atoms with Crippen LogP contribution in [0, 0.1) is 11.8 Å². The summed E-state index contributed by atoms with van der Waals surface area (Å²) < 4.78 is 31.3. The highest BCUT2D eigenvalue weighted by Gasteiger charge is 2.39. The van der Waals surface area contributed by atoms with Gasteiger partial charge in [-0.2, -0.15) is 0 Å². The van der Waals surface area contributed by atoms with E-state index in [9.17, 15) is 20.1 Å². The Hall–Kier alpha value is -1.17. The van der Waals surface area contributed by atoms with E-state index < -0.39 is 37.0 Å². The van der Waals surface area contributed by atoms with Crippen LogP contribution >= 0.6 is 0 Å². The van der Waals surface area contributed by atoms with Crippen molar-refractivity contribution in [2.24, 2.45) is 11.8 Å². The molecule has 144 valence electrons. The minimum absolute atomic E-state index is 0.0213. The maximum Gasteiger partial charge on any atom is 0.303 e. The summed E-state index contributed by atoms with van der Waals surface area (Å²) >= 11 is 0. The largest absolute Gasteiger partial charge is 0.481 e. The van der Waals surface area contributed by atoms with Crippen LogP contribution in [-0.4, -0.2) is 44.7 Å². The van der Waals surface area contributed by atoms with Crippen LogP contribution in [0.2, 0.25) is 0 Å². The Labute approximate surface area is 156 Å². The molecule has 0 spiro atoms. The highest BCUT2D eigenvalue weighted by molar-refractivity contribution is 5.66. The van der Waals surface area contributed by atoms with Gasteiger partial charge in [0.2, 0.25) is 0 Å². The third-order valence-electron chi connectivity index (χ3n) is 4.46. The lowest BCUT2D eigenvalue weighted by Crippen LogP contribution is -2.20. The number of rotatable bonds is 12. The lowest BCUT2D eigenvalue weighted by molar-refractivity contribution is -0.137. The highest BCUT2D eigenvalue weighted by Crippen LogP contribution is 2.36. The van der Waals surface area contributed by atoms with E-state index in [-0.39, 0.29) is 37.5 Å². The van der Waals surface area contributed by atoms with Crippen molar-refractivity contribution in [3.05, 3.63) is 24.3 Å². The third-order valence-corrected chi connectivity index (χ3v) is 4.46. The highest BCUT2D eigenvalue weighted by atomic mass is 16.4. The SMILES string of the molecule is [2H]C([2H])(CC)C([2H])([2H])C/C=C\C[C@@H]1[C@H](/C=C/[C@@H](O)CCCC(=O)O)[C@@H](O)C[C@H]1O. The Morgan fingerprint density at radius 2 is 2.04 bits per heavy atom. The minimum atomic E-state index is -1.99. The van der Waals surface area contributed by atoms with Crippen LogP contribution in [0.5, 0.6) is 0 Å². The first-order chi connectivity index (χ1) is 13.4. The van der Waals surface area contributed by atoms with Crippen molar-refractivity contribution in [2.75, 3.05) is 0 Å². The molecular formula is C20H34O5. The fourth-order valence-corrected chi connectivity index (χ4v) is 3.11. The van der Waals surface area contributed by atoms with Gasteiger partial charge in [0.25, 0.3) is 0 Å². The van der Waals surface area contributed by atoms with Gasteiger partial charge >= 0.3 is 5.97 Å². The molecule has 1 aliphatic rings. The number of aliphatic carboxylic acids is 1. The fourth-order valence-electron chi connectivity index (χ4n) is 3.11. The summed E-state index contributed by atoms with van der Waals surface area (Å²) in [6.07, 6.45) is 1.47. The van der Waals surface area contributed by atoms with Crippen molar-refractivity contribution in [1.82, 2.24) is 0 Å². The number of carboxylic acid groups (broad SMARTS) is 1. The van der Waals surface area contributed by atoms with Crippen LogP contribution < -0.4 is 0 Å². The lowest BCUT2D eigenvalue weighted by Gasteiger charge is -2.19. The van der Waals surface area contributed by atoms with E-state index in [2.05, 4.69) is 0 Å². The molecule has 4 N–H and O–H groups in total. The number of hydrogen-bond donors (Lipinski definition) is 4. The zero-order valence-electron chi connectivity index (χ0n) is 18.8. The van der Waals surface area contributed by atoms with Gasteiger partial charge in [-0.05, 0) is 38.0 Å². The third kappa shape index (κ3) is 8.66. The van der Waals surface area contributed by atoms with E-state index in [0.717, 1.165) is 0 Å². The monoisotopic (exact) mass is 358 g/mol. The number of allylic oxidation sites excluding steroid dienone is 2. The molecule has 0 amide bonds. The molecule has 5 nitrogen and oxygen atoms in total. The first-order valence-electron chi connectivity index (χ1n) is 11.0. The lowest BCUT2D eigenvalue weighted by atomic mass is 9.89. The zero-order chi connectivity index (χ0) is 22.2. The molecule has 5 atom stereocenters. The molecule has 0 aromatic carbocycles. The van der Waals surface area contributed by atoms with E-state index in [4.69, 9.17) is 10.6 Å². The topological polar surface area (TPSA) is 98.0 Å². The first kappa shape index (κ1) is 16.0. The van der Waals surface area contributed by atoms with Gasteiger partial charge in [-0.15, -0.1) is 0 Å². The van der Waals surface area contributed by atoms with Crippen LogP contribution in [0.4, 0.5) is 0 Å². The van der Waals surface area contributed by atoms with Crippen molar-refractivity contribution >= 4 is 5.97 Å². The molecule has 0 saturated heterocycles. The second-order valence-corrected chi connectivity index (χ2v) is 6.47. The molecule has 0 heterocycles. The molecular weight excluding hydrogens is 320 g/mol. The molecule has 1 fully saturated rings. The standard InChI is InChI=1S/C20H34O5/c1-2-3-4-5-6-7-10-16-17(19(23)14-18(16)22)13-12-15(21)9-8-11-20(24)25/h6-7,12-13,15-19,21-23H,2-5,8-11,14H2,1H3,(H,24,25)/b7-6-,13-12+/t15-,16+,17-,18+,19-/m0/s1/i3D2,4D2. The van der Waals surface area contributed by atoms with Crippen LogP contribution in [0.15, 0.2) is 24.3 Å². The Morgan fingerprint density at radius 3 is 2.72 bits per heavy atom. The van der Waals surface area contributed by atoms with Crippen molar-refractivity contribution in [1.29, 1.82) is 0 Å². The van der Waals surface area contributed by atoms with Gasteiger partial charge in [-0.25, -0.2) is 0 Å². The average molecular weight is 359 g/mol. The van der Waals surface area contributed by atoms with Crippen molar-refractivity contribution in [2.45, 2.75) is 82.9 Å². The normalized spacial score (nSPS) is 31.7. The van der Waals surface area contributed by atoms with E-state index >= 15 is 0 Å². The molecule has 0 aromatic rings. The van der Waals surface area contributed by atoms with Crippen LogP contribution in [0.1, 0.15) is 70.1 Å². The van der Waals surface area contributed by atoms with Gasteiger partial charge in [0.1, 0.15) is 0 Å². The second-order valence-electron chi connectivity index (χ2n) is 6.47. The number of carboxylic acids is 1. The molecule has 0 radical (unpaired) electrons. The maximum absolute atomic E-state index is 10.5. The predicted molar refractivity (Wildman–Crippen MR) is 98.1 cm³/mol. The van der Waals surface area contributed by atoms with E-state index in [0.29, 0.717) is 19.3 Å². The quantitative estimate of drug-likeness (QED) is 0.402. The van der Waals surface area contributed by atoms with Crippen molar-refractivity contribution in [3.63, 3.8) is 0 Å². The van der Waals surface area contributed by atoms with Gasteiger partial charge in [-0.1, -0.05) is 44.0 Å². The van der Waals surface area contributed by atoms with Gasteiger partial charge in [-0.3, -0.25) is 4.79 Å². The summed E-state index contributed by atoms with van der Waals surface area (Å²) in [5.74, 6) is -1.58. The Kier molecular flexibility index (Phi) is 7.84. The van der Waals surface area contributed by atoms with Gasteiger partial charge in [0.15, 0.2) is 0 Å². The van der Waals surface area contributed by atoms with Crippen molar-refractivity contribution in [3.8, 4) is 0 Å². The molecule has 0 aromatic heterocycles. The van der Waals surface area contributed by atoms with Crippen LogP contribution in [0.25, 0.3) is 0 Å². The van der Waals surface area contributed by atoms with E-state index in [1.54, 1.807) is 25.2 Å². The molecule has 25 heavy (non-hydrogen) atoms. The van der Waals surface area contributed by atoms with Crippen LogP contribution in [-0.2, 0) is 4.79 Å². The van der Waals surface area contributed by atoms with E-state index in [1.807, 2.05) is 0 Å². The molecule has 0 bridgehead atoms. The summed E-state index contributed by atoms with van der Waals surface area (Å²) in [5.41, 5.74) is 0. The summed E-state index contributed by atoms with van der Waals surface area (Å²) in [6.45, 7) is 1.60.